The number of fused-ring (bicyclic) bond motifs is 1. The molecular weight excluding hydrogens is 310 g/mol. The zero-order valence-corrected chi connectivity index (χ0v) is 13.4. The molecule has 2 aromatic heterocycles. The maximum absolute atomic E-state index is 12.8. The summed E-state index contributed by atoms with van der Waals surface area (Å²) in [5, 5.41) is 9.64. The molecule has 0 saturated carbocycles. The number of thiophene rings is 1. The van der Waals surface area contributed by atoms with Crippen molar-refractivity contribution in [3.8, 4) is 11.5 Å². The molecule has 3 aromatic rings. The molecule has 1 aromatic carbocycles. The van der Waals surface area contributed by atoms with Crippen LogP contribution in [0.2, 0.25) is 0 Å². The van der Waals surface area contributed by atoms with Gasteiger partial charge in [-0.25, -0.2) is 0 Å². The van der Waals surface area contributed by atoms with E-state index in [1.165, 1.54) is 16.8 Å². The lowest BCUT2D eigenvalue weighted by atomic mass is 10.00. The summed E-state index contributed by atoms with van der Waals surface area (Å²) in [5.41, 5.74) is 2.77. The Morgan fingerprint density at radius 1 is 1.30 bits per heavy atom. The van der Waals surface area contributed by atoms with Crippen molar-refractivity contribution in [1.29, 1.82) is 0 Å². The first-order valence-corrected chi connectivity index (χ1v) is 8.36. The Morgan fingerprint density at radius 2 is 2.13 bits per heavy atom. The second-order valence-corrected chi connectivity index (χ2v) is 6.55. The Bertz CT molecular complexity index is 824. The summed E-state index contributed by atoms with van der Waals surface area (Å²) in [6.07, 6.45) is 2.23. The second-order valence-electron chi connectivity index (χ2n) is 5.54. The van der Waals surface area contributed by atoms with Crippen molar-refractivity contribution >= 4 is 17.2 Å². The lowest BCUT2D eigenvalue weighted by Crippen LogP contribution is -2.38. The van der Waals surface area contributed by atoms with Gasteiger partial charge in [0, 0.05) is 22.5 Å². The van der Waals surface area contributed by atoms with Crippen LogP contribution in [0, 0.1) is 0 Å². The van der Waals surface area contributed by atoms with E-state index >= 15 is 0 Å². The summed E-state index contributed by atoms with van der Waals surface area (Å²) in [7, 11) is 0. The molecule has 4 rings (SSSR count). The van der Waals surface area contributed by atoms with Crippen molar-refractivity contribution < 1.29 is 9.21 Å². The monoisotopic (exact) mass is 325 g/mol. The predicted molar refractivity (Wildman–Crippen MR) is 87.2 cm³/mol. The number of nitrogens with zero attached hydrogens (tertiary/aromatic N) is 3. The van der Waals surface area contributed by atoms with Crippen molar-refractivity contribution in [3.05, 3.63) is 58.1 Å². The Hall–Kier alpha value is -2.47. The Kier molecular flexibility index (Phi) is 3.46. The smallest absolute Gasteiger partial charge is 0.254 e. The molecule has 1 aliphatic heterocycles. The minimum atomic E-state index is 0.0615. The highest BCUT2D eigenvalue weighted by Gasteiger charge is 2.28. The first kappa shape index (κ1) is 14.1. The first-order valence-electron chi connectivity index (χ1n) is 7.48. The molecule has 1 aliphatic rings. The molecular formula is C17H15N3O2S. The van der Waals surface area contributed by atoms with E-state index in [0.29, 0.717) is 11.5 Å². The maximum Gasteiger partial charge on any atom is 0.254 e. The number of aromatic nitrogens is 2. The lowest BCUT2D eigenvalue weighted by molar-refractivity contribution is 0.0679. The van der Waals surface area contributed by atoms with E-state index in [2.05, 4.69) is 28.6 Å². The van der Waals surface area contributed by atoms with Gasteiger partial charge in [0.1, 0.15) is 0 Å². The van der Waals surface area contributed by atoms with Gasteiger partial charge in [-0.05, 0) is 54.6 Å². The molecule has 116 valence electrons. The molecule has 0 unspecified atom stereocenters. The topological polar surface area (TPSA) is 59.2 Å². The molecule has 0 radical (unpaired) electrons. The highest BCUT2D eigenvalue weighted by atomic mass is 32.1. The first-order chi connectivity index (χ1) is 11.2. The SMILES string of the molecule is C[C@@H]1c2ccsc2CCN1C(=O)c1ccc(-c2nnco2)cc1. The molecule has 6 heteroatoms. The molecule has 0 aliphatic carbocycles. The molecule has 3 heterocycles. The Morgan fingerprint density at radius 3 is 2.87 bits per heavy atom. The standard InChI is InChI=1S/C17H15N3O2S/c1-11-14-7-9-23-15(14)6-8-20(11)17(21)13-4-2-12(3-5-13)16-19-18-10-22-16/h2-5,7,9-11H,6,8H2,1H3/t11-/m1/s1. The van der Waals surface area contributed by atoms with Crippen LogP contribution in [0.1, 0.15) is 33.8 Å². The summed E-state index contributed by atoms with van der Waals surface area (Å²) in [6, 6.07) is 9.56. The van der Waals surface area contributed by atoms with Crippen LogP contribution in [-0.2, 0) is 6.42 Å². The molecule has 1 atom stereocenters. The van der Waals surface area contributed by atoms with Gasteiger partial charge in [-0.3, -0.25) is 4.79 Å². The van der Waals surface area contributed by atoms with Crippen LogP contribution in [0.15, 0.2) is 46.5 Å². The van der Waals surface area contributed by atoms with Crippen LogP contribution in [0.25, 0.3) is 11.5 Å². The van der Waals surface area contributed by atoms with Gasteiger partial charge in [0.15, 0.2) is 0 Å². The number of amides is 1. The average Bonchev–Trinajstić information content (AvgIpc) is 3.27. The molecule has 0 fully saturated rings. The van der Waals surface area contributed by atoms with Gasteiger partial charge >= 0.3 is 0 Å². The molecule has 1 amide bonds. The fourth-order valence-electron chi connectivity index (χ4n) is 3.01. The molecule has 23 heavy (non-hydrogen) atoms. The zero-order chi connectivity index (χ0) is 15.8. The van der Waals surface area contributed by atoms with E-state index in [9.17, 15) is 4.79 Å². The number of hydrogen-bond acceptors (Lipinski definition) is 5. The van der Waals surface area contributed by atoms with Crippen LogP contribution in [0.4, 0.5) is 0 Å². The van der Waals surface area contributed by atoms with Crippen molar-refractivity contribution in [2.75, 3.05) is 6.54 Å². The van der Waals surface area contributed by atoms with E-state index in [-0.39, 0.29) is 11.9 Å². The third-order valence-corrected chi connectivity index (χ3v) is 5.27. The number of rotatable bonds is 2. The molecule has 0 N–H and O–H groups in total. The average molecular weight is 325 g/mol. The largest absolute Gasteiger partial charge is 0.423 e. The van der Waals surface area contributed by atoms with Crippen LogP contribution >= 0.6 is 11.3 Å². The summed E-state index contributed by atoms with van der Waals surface area (Å²) < 4.78 is 5.17. The van der Waals surface area contributed by atoms with Gasteiger partial charge in [-0.1, -0.05) is 0 Å². The zero-order valence-electron chi connectivity index (χ0n) is 12.6. The van der Waals surface area contributed by atoms with Crippen molar-refractivity contribution in [2.24, 2.45) is 0 Å². The van der Waals surface area contributed by atoms with E-state index in [1.54, 1.807) is 11.3 Å². The minimum absolute atomic E-state index is 0.0615. The number of carbonyl (C=O) groups excluding carboxylic acids is 1. The van der Waals surface area contributed by atoms with Crippen molar-refractivity contribution in [3.63, 3.8) is 0 Å². The maximum atomic E-state index is 12.8. The summed E-state index contributed by atoms with van der Waals surface area (Å²) in [5.74, 6) is 0.518. The van der Waals surface area contributed by atoms with E-state index in [1.807, 2.05) is 29.2 Å². The van der Waals surface area contributed by atoms with Crippen LogP contribution in [0.5, 0.6) is 0 Å². The van der Waals surface area contributed by atoms with Gasteiger partial charge in [0.2, 0.25) is 12.3 Å². The third kappa shape index (κ3) is 2.45. The highest BCUT2D eigenvalue weighted by molar-refractivity contribution is 7.10. The van der Waals surface area contributed by atoms with Crippen molar-refractivity contribution in [2.45, 2.75) is 19.4 Å². The second kappa shape index (κ2) is 5.62. The number of hydrogen-bond donors (Lipinski definition) is 0. The fourth-order valence-corrected chi connectivity index (χ4v) is 3.97. The fraction of sp³-hybridized carbons (Fsp3) is 0.235. The highest BCUT2D eigenvalue weighted by Crippen LogP contribution is 2.33. The van der Waals surface area contributed by atoms with Crippen LogP contribution < -0.4 is 0 Å². The van der Waals surface area contributed by atoms with Gasteiger partial charge in [-0.2, -0.15) is 0 Å². The molecule has 0 saturated heterocycles. The normalized spacial score (nSPS) is 17.1. The third-order valence-electron chi connectivity index (χ3n) is 4.28. The molecule has 0 bridgehead atoms. The molecule has 5 nitrogen and oxygen atoms in total. The molecule has 0 spiro atoms. The quantitative estimate of drug-likeness (QED) is 0.723. The van der Waals surface area contributed by atoms with Crippen molar-refractivity contribution in [1.82, 2.24) is 15.1 Å². The van der Waals surface area contributed by atoms with E-state index < -0.39 is 0 Å². The summed E-state index contributed by atoms with van der Waals surface area (Å²) >= 11 is 1.78. The van der Waals surface area contributed by atoms with E-state index in [4.69, 9.17) is 4.42 Å². The Labute approximate surface area is 137 Å². The number of carbonyl (C=O) groups is 1. The van der Waals surface area contributed by atoms with Gasteiger partial charge in [0.25, 0.3) is 5.91 Å². The number of benzene rings is 1. The van der Waals surface area contributed by atoms with E-state index in [0.717, 1.165) is 18.5 Å². The van der Waals surface area contributed by atoms with Crippen LogP contribution in [-0.4, -0.2) is 27.5 Å². The summed E-state index contributed by atoms with van der Waals surface area (Å²) in [6.45, 7) is 2.86. The van der Waals surface area contributed by atoms with Gasteiger partial charge < -0.3 is 9.32 Å². The van der Waals surface area contributed by atoms with Gasteiger partial charge in [0.05, 0.1) is 6.04 Å². The van der Waals surface area contributed by atoms with Crippen LogP contribution in [0.3, 0.4) is 0 Å². The predicted octanol–water partition coefficient (Wildman–Crippen LogP) is 3.56. The van der Waals surface area contributed by atoms with Gasteiger partial charge in [-0.15, -0.1) is 21.5 Å². The summed E-state index contributed by atoms with van der Waals surface area (Å²) in [4.78, 5) is 16.2. The lowest BCUT2D eigenvalue weighted by Gasteiger charge is -2.33. The minimum Gasteiger partial charge on any atom is -0.423 e. The Balaban J connectivity index is 1.58.